The van der Waals surface area contributed by atoms with E-state index in [-0.39, 0.29) is 5.91 Å². The molecule has 0 spiro atoms. The molecule has 4 rings (SSSR count). The molecule has 6 heteroatoms. The number of carbonyl (C=O) groups is 1. The maximum atomic E-state index is 12.0. The fourth-order valence-electron chi connectivity index (χ4n) is 2.53. The molecule has 0 unspecified atom stereocenters. The molecule has 26 heavy (non-hydrogen) atoms. The Balaban J connectivity index is 1.36. The van der Waals surface area contributed by atoms with Gasteiger partial charge in [0.15, 0.2) is 0 Å². The van der Waals surface area contributed by atoms with Gasteiger partial charge < -0.3 is 5.32 Å². The van der Waals surface area contributed by atoms with E-state index in [1.165, 1.54) is 6.08 Å². The van der Waals surface area contributed by atoms with Crippen LogP contribution in [0, 0.1) is 0 Å². The van der Waals surface area contributed by atoms with E-state index < -0.39 is 0 Å². The highest BCUT2D eigenvalue weighted by atomic mass is 32.1. The summed E-state index contributed by atoms with van der Waals surface area (Å²) in [4.78, 5) is 16.5. The van der Waals surface area contributed by atoms with Gasteiger partial charge in [0.2, 0.25) is 5.91 Å². The van der Waals surface area contributed by atoms with Crippen LogP contribution < -0.4 is 5.32 Å². The normalized spacial score (nSPS) is 11.2. The predicted molar refractivity (Wildman–Crippen MR) is 104 cm³/mol. The van der Waals surface area contributed by atoms with E-state index >= 15 is 0 Å². The summed E-state index contributed by atoms with van der Waals surface area (Å²) in [5.74, 6) is -0.156. The second kappa shape index (κ2) is 7.33. The lowest BCUT2D eigenvalue weighted by Gasteiger charge is -2.00. The summed E-state index contributed by atoms with van der Waals surface area (Å²) < 4.78 is 2.90. The number of hydrogen-bond acceptors (Lipinski definition) is 4. The van der Waals surface area contributed by atoms with Crippen molar-refractivity contribution in [2.75, 3.05) is 0 Å². The zero-order chi connectivity index (χ0) is 17.8. The molecule has 2 heterocycles. The fraction of sp³-hybridized carbons (Fsp3) is 0.0500. The standard InChI is InChI=1S/C20H16N4OS/c25-19(10-11-20-23-17-8-4-5-9-18(17)26-20)21-12-15-13-22-24(14-15)16-6-2-1-3-7-16/h1-11,13-14H,12H2,(H,21,25)/b11-10+. The number of benzene rings is 2. The molecule has 0 saturated carbocycles. The summed E-state index contributed by atoms with van der Waals surface area (Å²) >= 11 is 1.56. The second-order valence-electron chi connectivity index (χ2n) is 5.70. The van der Waals surface area contributed by atoms with Crippen LogP contribution in [0.2, 0.25) is 0 Å². The molecule has 0 saturated heterocycles. The summed E-state index contributed by atoms with van der Waals surface area (Å²) in [6, 6.07) is 17.8. The maximum Gasteiger partial charge on any atom is 0.244 e. The summed E-state index contributed by atoms with van der Waals surface area (Å²) in [5.41, 5.74) is 2.88. The highest BCUT2D eigenvalue weighted by Gasteiger charge is 2.03. The number of rotatable bonds is 5. The first-order valence-electron chi connectivity index (χ1n) is 8.18. The monoisotopic (exact) mass is 360 g/mol. The fourth-order valence-corrected chi connectivity index (χ4v) is 3.40. The SMILES string of the molecule is O=C(/C=C/c1nc2ccccc2s1)NCc1cnn(-c2ccccc2)c1. The van der Waals surface area contributed by atoms with Crippen LogP contribution in [0.4, 0.5) is 0 Å². The van der Waals surface area contributed by atoms with E-state index in [4.69, 9.17) is 0 Å². The minimum absolute atomic E-state index is 0.156. The highest BCUT2D eigenvalue weighted by molar-refractivity contribution is 7.19. The molecular weight excluding hydrogens is 344 g/mol. The Morgan fingerprint density at radius 3 is 2.77 bits per heavy atom. The van der Waals surface area contributed by atoms with Crippen LogP contribution in [0.1, 0.15) is 10.6 Å². The third kappa shape index (κ3) is 3.70. The molecule has 1 N–H and O–H groups in total. The number of amides is 1. The van der Waals surface area contributed by atoms with Crippen molar-refractivity contribution < 1.29 is 4.79 Å². The van der Waals surface area contributed by atoms with Gasteiger partial charge in [-0.3, -0.25) is 4.79 Å². The number of carbonyl (C=O) groups excluding carboxylic acids is 1. The predicted octanol–water partition coefficient (Wildman–Crippen LogP) is 3.81. The minimum Gasteiger partial charge on any atom is -0.348 e. The zero-order valence-corrected chi connectivity index (χ0v) is 14.7. The van der Waals surface area contributed by atoms with Crippen molar-refractivity contribution >= 4 is 33.5 Å². The highest BCUT2D eigenvalue weighted by Crippen LogP contribution is 2.22. The first-order chi connectivity index (χ1) is 12.8. The van der Waals surface area contributed by atoms with Gasteiger partial charge in [-0.15, -0.1) is 11.3 Å². The molecule has 5 nitrogen and oxygen atoms in total. The van der Waals surface area contributed by atoms with Gasteiger partial charge in [0.25, 0.3) is 0 Å². The number of thiazole rings is 1. The van der Waals surface area contributed by atoms with Crippen LogP contribution in [0.15, 0.2) is 73.1 Å². The van der Waals surface area contributed by atoms with Gasteiger partial charge in [-0.1, -0.05) is 30.3 Å². The van der Waals surface area contributed by atoms with Crippen LogP contribution in [-0.2, 0) is 11.3 Å². The smallest absolute Gasteiger partial charge is 0.244 e. The second-order valence-corrected chi connectivity index (χ2v) is 6.76. The van der Waals surface area contributed by atoms with Gasteiger partial charge >= 0.3 is 0 Å². The van der Waals surface area contributed by atoms with Crippen molar-refractivity contribution in [1.82, 2.24) is 20.1 Å². The number of nitrogens with one attached hydrogen (secondary N) is 1. The van der Waals surface area contributed by atoms with Crippen molar-refractivity contribution in [1.29, 1.82) is 0 Å². The summed E-state index contributed by atoms with van der Waals surface area (Å²) in [6.45, 7) is 0.426. The van der Waals surface area contributed by atoms with Crippen molar-refractivity contribution in [3.63, 3.8) is 0 Å². The Morgan fingerprint density at radius 1 is 1.12 bits per heavy atom. The molecule has 128 valence electrons. The maximum absolute atomic E-state index is 12.0. The Hall–Kier alpha value is -3.25. The molecular formula is C20H16N4OS. The Kier molecular flexibility index (Phi) is 4.57. The molecule has 0 aliphatic rings. The van der Waals surface area contributed by atoms with Crippen molar-refractivity contribution in [3.05, 3.63) is 83.6 Å². The van der Waals surface area contributed by atoms with Gasteiger partial charge in [-0.2, -0.15) is 5.10 Å². The molecule has 1 amide bonds. The molecule has 0 atom stereocenters. The van der Waals surface area contributed by atoms with Crippen LogP contribution in [0.5, 0.6) is 0 Å². The number of hydrogen-bond donors (Lipinski definition) is 1. The van der Waals surface area contributed by atoms with E-state index in [2.05, 4.69) is 15.4 Å². The summed E-state index contributed by atoms with van der Waals surface area (Å²) in [5, 5.41) is 8.00. The molecule has 0 fully saturated rings. The van der Waals surface area contributed by atoms with E-state index in [1.54, 1.807) is 28.3 Å². The molecule has 0 aliphatic heterocycles. The van der Waals surface area contributed by atoms with Gasteiger partial charge in [0, 0.05) is 24.4 Å². The van der Waals surface area contributed by atoms with Crippen LogP contribution in [0.3, 0.4) is 0 Å². The quantitative estimate of drug-likeness (QED) is 0.551. The molecule has 2 aromatic heterocycles. The van der Waals surface area contributed by atoms with Gasteiger partial charge in [-0.05, 0) is 30.3 Å². The topological polar surface area (TPSA) is 59.8 Å². The zero-order valence-electron chi connectivity index (χ0n) is 13.9. The van der Waals surface area contributed by atoms with Gasteiger partial charge in [0.05, 0.1) is 22.1 Å². The molecule has 2 aromatic carbocycles. The Bertz CT molecular complexity index is 1030. The van der Waals surface area contributed by atoms with Gasteiger partial charge in [0.1, 0.15) is 5.01 Å². The minimum atomic E-state index is -0.156. The molecule has 0 aliphatic carbocycles. The molecule has 0 radical (unpaired) electrons. The van der Waals surface area contributed by atoms with Crippen LogP contribution >= 0.6 is 11.3 Å². The van der Waals surface area contributed by atoms with E-state index in [0.29, 0.717) is 6.54 Å². The average molecular weight is 360 g/mol. The summed E-state index contributed by atoms with van der Waals surface area (Å²) in [7, 11) is 0. The molecule has 0 bridgehead atoms. The number of aromatic nitrogens is 3. The van der Waals surface area contributed by atoms with Crippen LogP contribution in [-0.4, -0.2) is 20.7 Å². The van der Waals surface area contributed by atoms with Crippen molar-refractivity contribution in [2.45, 2.75) is 6.54 Å². The lowest BCUT2D eigenvalue weighted by atomic mass is 10.3. The van der Waals surface area contributed by atoms with Crippen molar-refractivity contribution in [2.24, 2.45) is 0 Å². The first kappa shape index (κ1) is 16.2. The van der Waals surface area contributed by atoms with E-state index in [0.717, 1.165) is 26.5 Å². The number of nitrogens with zero attached hydrogens (tertiary/aromatic N) is 3. The van der Waals surface area contributed by atoms with Crippen molar-refractivity contribution in [3.8, 4) is 5.69 Å². The first-order valence-corrected chi connectivity index (χ1v) is 9.00. The average Bonchev–Trinajstić information content (AvgIpc) is 3.32. The molecule has 4 aromatic rings. The Labute approximate surface area is 154 Å². The number of fused-ring (bicyclic) bond motifs is 1. The third-order valence-electron chi connectivity index (χ3n) is 3.81. The Morgan fingerprint density at radius 2 is 1.92 bits per heavy atom. The third-order valence-corrected chi connectivity index (χ3v) is 4.81. The summed E-state index contributed by atoms with van der Waals surface area (Å²) in [6.07, 6.45) is 6.92. The lowest BCUT2D eigenvalue weighted by molar-refractivity contribution is -0.116. The van der Waals surface area contributed by atoms with E-state index in [1.807, 2.05) is 60.8 Å². The largest absolute Gasteiger partial charge is 0.348 e. The van der Waals surface area contributed by atoms with Crippen LogP contribution in [0.25, 0.3) is 22.0 Å². The van der Waals surface area contributed by atoms with E-state index in [9.17, 15) is 4.79 Å². The lowest BCUT2D eigenvalue weighted by Crippen LogP contribution is -2.19. The number of para-hydroxylation sites is 2. The van der Waals surface area contributed by atoms with Gasteiger partial charge in [-0.25, -0.2) is 9.67 Å².